The Morgan fingerprint density at radius 3 is 2.28 bits per heavy atom. The van der Waals surface area contributed by atoms with Crippen LogP contribution < -0.4 is 10.5 Å². The van der Waals surface area contributed by atoms with E-state index in [9.17, 15) is 0 Å². The molecule has 1 aromatic rings. The van der Waals surface area contributed by atoms with Crippen molar-refractivity contribution < 1.29 is 9.15 Å². The number of hydrogen-bond acceptors (Lipinski definition) is 3. The minimum Gasteiger partial charge on any atom is -0.461 e. The first-order valence-corrected chi connectivity index (χ1v) is 7.27. The lowest BCUT2D eigenvalue weighted by molar-refractivity contribution is -0.0863. The SMILES string of the molecule is NCc1ccc(OC2C3CC4CC(C3)CC2C4)o1. The summed E-state index contributed by atoms with van der Waals surface area (Å²) in [5, 5.41) is 0. The van der Waals surface area contributed by atoms with Crippen LogP contribution in [0.5, 0.6) is 5.95 Å². The Morgan fingerprint density at radius 2 is 1.72 bits per heavy atom. The summed E-state index contributed by atoms with van der Waals surface area (Å²) in [6, 6.07) is 3.85. The molecule has 1 heterocycles. The van der Waals surface area contributed by atoms with E-state index in [0.29, 0.717) is 18.6 Å². The van der Waals surface area contributed by atoms with E-state index >= 15 is 0 Å². The Morgan fingerprint density at radius 1 is 1.06 bits per heavy atom. The molecule has 0 unspecified atom stereocenters. The molecule has 5 rings (SSSR count). The number of ether oxygens (including phenoxy) is 1. The van der Waals surface area contributed by atoms with Gasteiger partial charge >= 0.3 is 0 Å². The normalized spacial score (nSPS) is 41.3. The first kappa shape index (κ1) is 10.9. The van der Waals surface area contributed by atoms with Gasteiger partial charge in [-0.1, -0.05) is 0 Å². The molecule has 0 aromatic carbocycles. The Kier molecular flexibility index (Phi) is 2.44. The summed E-state index contributed by atoms with van der Waals surface area (Å²) in [6.07, 6.45) is 7.39. The summed E-state index contributed by atoms with van der Waals surface area (Å²) in [5.74, 6) is 5.01. The predicted octanol–water partition coefficient (Wildman–Crippen LogP) is 2.94. The van der Waals surface area contributed by atoms with E-state index < -0.39 is 0 Å². The van der Waals surface area contributed by atoms with Gasteiger partial charge in [-0.25, -0.2) is 0 Å². The van der Waals surface area contributed by atoms with Gasteiger partial charge in [-0.05, 0) is 61.8 Å². The summed E-state index contributed by atoms with van der Waals surface area (Å²) in [6.45, 7) is 0.449. The van der Waals surface area contributed by atoms with E-state index in [1.54, 1.807) is 0 Å². The number of rotatable bonds is 3. The first-order valence-electron chi connectivity index (χ1n) is 7.27. The van der Waals surface area contributed by atoms with Gasteiger partial charge in [0.2, 0.25) is 0 Å². The van der Waals surface area contributed by atoms with Gasteiger partial charge in [0, 0.05) is 6.07 Å². The fourth-order valence-corrected chi connectivity index (χ4v) is 4.73. The van der Waals surface area contributed by atoms with E-state index in [4.69, 9.17) is 14.9 Å². The zero-order chi connectivity index (χ0) is 12.1. The molecule has 2 N–H and O–H groups in total. The largest absolute Gasteiger partial charge is 0.461 e. The van der Waals surface area contributed by atoms with Gasteiger partial charge in [0.1, 0.15) is 11.9 Å². The highest BCUT2D eigenvalue weighted by molar-refractivity contribution is 5.13. The summed E-state index contributed by atoms with van der Waals surface area (Å²) >= 11 is 0. The molecule has 0 radical (unpaired) electrons. The smallest absolute Gasteiger partial charge is 0.284 e. The molecular formula is C15H21NO2. The molecule has 1 aromatic heterocycles. The van der Waals surface area contributed by atoms with Crippen molar-refractivity contribution in [1.29, 1.82) is 0 Å². The van der Waals surface area contributed by atoms with Gasteiger partial charge < -0.3 is 14.9 Å². The molecule has 0 spiro atoms. The average Bonchev–Trinajstić information content (AvgIpc) is 2.80. The van der Waals surface area contributed by atoms with Gasteiger partial charge in [0.15, 0.2) is 0 Å². The van der Waals surface area contributed by atoms with E-state index in [-0.39, 0.29) is 0 Å². The first-order chi connectivity index (χ1) is 8.81. The number of hydrogen-bond donors (Lipinski definition) is 1. The van der Waals surface area contributed by atoms with Crippen LogP contribution >= 0.6 is 0 Å². The third kappa shape index (κ3) is 1.68. The highest BCUT2D eigenvalue weighted by atomic mass is 16.6. The van der Waals surface area contributed by atoms with Crippen molar-refractivity contribution in [3.05, 3.63) is 17.9 Å². The lowest BCUT2D eigenvalue weighted by Gasteiger charge is -2.53. The summed E-state index contributed by atoms with van der Waals surface area (Å²) in [7, 11) is 0. The standard InChI is InChI=1S/C15H21NO2/c16-8-13-1-2-14(17-13)18-15-11-4-9-3-10(6-11)7-12(15)5-9/h1-2,9-12,15H,3-8,16H2. The number of nitrogens with two attached hydrogens (primary N) is 1. The fourth-order valence-electron chi connectivity index (χ4n) is 4.73. The number of furan rings is 1. The van der Waals surface area contributed by atoms with Crippen molar-refractivity contribution in [1.82, 2.24) is 0 Å². The van der Waals surface area contributed by atoms with Crippen LogP contribution in [-0.2, 0) is 6.54 Å². The van der Waals surface area contributed by atoms with Crippen LogP contribution in [0.25, 0.3) is 0 Å². The maximum atomic E-state index is 6.15. The lowest BCUT2D eigenvalue weighted by Crippen LogP contribution is -2.50. The van der Waals surface area contributed by atoms with Crippen LogP contribution in [0.2, 0.25) is 0 Å². The van der Waals surface area contributed by atoms with Crippen LogP contribution in [0.1, 0.15) is 37.9 Å². The molecule has 0 amide bonds. The van der Waals surface area contributed by atoms with Crippen LogP contribution in [-0.4, -0.2) is 6.10 Å². The Hall–Kier alpha value is -0.960. The second-order valence-corrected chi connectivity index (χ2v) is 6.44. The predicted molar refractivity (Wildman–Crippen MR) is 68.1 cm³/mol. The third-order valence-electron chi connectivity index (χ3n) is 5.23. The molecular weight excluding hydrogens is 226 g/mol. The summed E-state index contributed by atoms with van der Waals surface area (Å²) in [5.41, 5.74) is 5.56. The Balaban J connectivity index is 1.51. The molecule has 4 saturated carbocycles. The molecule has 3 heteroatoms. The molecule has 98 valence electrons. The topological polar surface area (TPSA) is 48.4 Å². The molecule has 18 heavy (non-hydrogen) atoms. The van der Waals surface area contributed by atoms with Gasteiger partial charge in [0.25, 0.3) is 5.95 Å². The second kappa shape index (κ2) is 4.02. The Bertz CT molecular complexity index is 411. The monoisotopic (exact) mass is 247 g/mol. The summed E-state index contributed by atoms with van der Waals surface area (Å²) in [4.78, 5) is 0. The van der Waals surface area contributed by atoms with Crippen molar-refractivity contribution in [3.63, 3.8) is 0 Å². The van der Waals surface area contributed by atoms with Crippen molar-refractivity contribution >= 4 is 0 Å². The average molecular weight is 247 g/mol. The van der Waals surface area contributed by atoms with Crippen molar-refractivity contribution in [2.45, 2.75) is 44.8 Å². The van der Waals surface area contributed by atoms with Crippen molar-refractivity contribution in [2.75, 3.05) is 0 Å². The zero-order valence-corrected chi connectivity index (χ0v) is 10.7. The van der Waals surface area contributed by atoms with Crippen LogP contribution in [0.3, 0.4) is 0 Å². The van der Waals surface area contributed by atoms with Gasteiger partial charge in [-0.2, -0.15) is 0 Å². The lowest BCUT2D eigenvalue weighted by atomic mass is 9.55. The van der Waals surface area contributed by atoms with E-state index in [1.807, 2.05) is 12.1 Å². The maximum Gasteiger partial charge on any atom is 0.284 e. The molecule has 0 saturated heterocycles. The van der Waals surface area contributed by atoms with E-state index in [2.05, 4.69) is 0 Å². The molecule has 4 aliphatic rings. The van der Waals surface area contributed by atoms with E-state index in [0.717, 1.165) is 29.4 Å². The van der Waals surface area contributed by atoms with Crippen molar-refractivity contribution in [2.24, 2.45) is 29.4 Å². The quantitative estimate of drug-likeness (QED) is 0.893. The third-order valence-corrected chi connectivity index (χ3v) is 5.23. The minimum absolute atomic E-state index is 0.398. The molecule has 3 nitrogen and oxygen atoms in total. The fraction of sp³-hybridized carbons (Fsp3) is 0.733. The van der Waals surface area contributed by atoms with Gasteiger partial charge in [-0.3, -0.25) is 0 Å². The van der Waals surface area contributed by atoms with Gasteiger partial charge in [0.05, 0.1) is 6.54 Å². The minimum atomic E-state index is 0.398. The Labute approximate surface area is 108 Å². The van der Waals surface area contributed by atoms with Crippen LogP contribution in [0.4, 0.5) is 0 Å². The van der Waals surface area contributed by atoms with Crippen molar-refractivity contribution in [3.8, 4) is 5.95 Å². The highest BCUT2D eigenvalue weighted by Gasteiger charge is 2.49. The zero-order valence-electron chi connectivity index (χ0n) is 10.7. The van der Waals surface area contributed by atoms with Gasteiger partial charge in [-0.15, -0.1) is 0 Å². The molecule has 0 aliphatic heterocycles. The molecule has 4 aliphatic carbocycles. The molecule has 0 atom stereocenters. The highest BCUT2D eigenvalue weighted by Crippen LogP contribution is 2.54. The van der Waals surface area contributed by atoms with Crippen LogP contribution in [0, 0.1) is 23.7 Å². The summed E-state index contributed by atoms with van der Waals surface area (Å²) < 4.78 is 11.7. The second-order valence-electron chi connectivity index (χ2n) is 6.44. The maximum absolute atomic E-state index is 6.15. The molecule has 4 fully saturated rings. The van der Waals surface area contributed by atoms with E-state index in [1.165, 1.54) is 32.1 Å². The van der Waals surface area contributed by atoms with Crippen LogP contribution in [0.15, 0.2) is 16.5 Å². The molecule has 4 bridgehead atoms.